The van der Waals surface area contributed by atoms with Crippen molar-refractivity contribution in [2.75, 3.05) is 13.1 Å². The molecule has 1 aromatic rings. The molecule has 1 heteroatoms. The van der Waals surface area contributed by atoms with Crippen molar-refractivity contribution in [2.24, 2.45) is 0 Å². The third-order valence-electron chi connectivity index (χ3n) is 3.86. The van der Waals surface area contributed by atoms with Crippen molar-refractivity contribution >= 4 is 0 Å². The van der Waals surface area contributed by atoms with E-state index in [0.717, 1.165) is 0 Å². The van der Waals surface area contributed by atoms with Gasteiger partial charge in [-0.15, -0.1) is 0 Å². The van der Waals surface area contributed by atoms with Gasteiger partial charge >= 0.3 is 0 Å². The smallest absolute Gasteiger partial charge is 0.0205 e. The van der Waals surface area contributed by atoms with Gasteiger partial charge in [0.25, 0.3) is 0 Å². The second kappa shape index (κ2) is 2.83. The molecule has 2 aliphatic rings. The molecule has 1 aromatic carbocycles. The Labute approximate surface area is 85.5 Å². The molecule has 0 aromatic heterocycles. The van der Waals surface area contributed by atoms with Crippen LogP contribution in [0.2, 0.25) is 0 Å². The lowest BCUT2D eigenvalue weighted by Gasteiger charge is -2.47. The summed E-state index contributed by atoms with van der Waals surface area (Å²) in [5.74, 6) is 0. The highest BCUT2D eigenvalue weighted by Gasteiger charge is 2.41. The van der Waals surface area contributed by atoms with Gasteiger partial charge in [0.1, 0.15) is 0 Å². The summed E-state index contributed by atoms with van der Waals surface area (Å²) >= 11 is 0. The number of rotatable bonds is 0. The minimum absolute atomic E-state index is 0.513. The van der Waals surface area contributed by atoms with E-state index < -0.39 is 0 Å². The molecule has 1 saturated heterocycles. The van der Waals surface area contributed by atoms with Crippen LogP contribution in [-0.2, 0) is 11.8 Å². The highest BCUT2D eigenvalue weighted by molar-refractivity contribution is 5.42. The van der Waals surface area contributed by atoms with Crippen molar-refractivity contribution < 1.29 is 0 Å². The van der Waals surface area contributed by atoms with Crippen LogP contribution in [0.5, 0.6) is 0 Å². The summed E-state index contributed by atoms with van der Waals surface area (Å²) in [4.78, 5) is 0. The van der Waals surface area contributed by atoms with Crippen molar-refractivity contribution in [1.82, 2.24) is 5.32 Å². The molecule has 1 spiro atoms. The van der Waals surface area contributed by atoms with Gasteiger partial charge < -0.3 is 5.32 Å². The molecule has 0 saturated carbocycles. The van der Waals surface area contributed by atoms with Crippen LogP contribution in [0.15, 0.2) is 18.2 Å². The van der Waals surface area contributed by atoms with E-state index in [1.165, 1.54) is 37.9 Å². The van der Waals surface area contributed by atoms with Crippen LogP contribution in [-0.4, -0.2) is 13.1 Å². The van der Waals surface area contributed by atoms with Crippen LogP contribution in [0, 0.1) is 6.92 Å². The van der Waals surface area contributed by atoms with E-state index in [1.807, 2.05) is 0 Å². The van der Waals surface area contributed by atoms with Crippen LogP contribution < -0.4 is 5.32 Å². The Morgan fingerprint density at radius 1 is 1.29 bits per heavy atom. The van der Waals surface area contributed by atoms with Crippen molar-refractivity contribution in [3.63, 3.8) is 0 Å². The molecule has 3 rings (SSSR count). The fourth-order valence-electron chi connectivity index (χ4n) is 2.95. The maximum atomic E-state index is 3.43. The molecule has 0 amide bonds. The molecule has 14 heavy (non-hydrogen) atoms. The zero-order valence-electron chi connectivity index (χ0n) is 8.77. The molecular formula is C13H17N. The predicted molar refractivity (Wildman–Crippen MR) is 58.7 cm³/mol. The average molecular weight is 187 g/mol. The summed E-state index contributed by atoms with van der Waals surface area (Å²) in [6, 6.07) is 7.00. The summed E-state index contributed by atoms with van der Waals surface area (Å²) in [6.07, 6.45) is 4.05. The minimum atomic E-state index is 0.513. The topological polar surface area (TPSA) is 12.0 Å². The second-order valence-electron chi connectivity index (χ2n) is 4.90. The normalized spacial score (nSPS) is 22.9. The molecule has 0 bridgehead atoms. The highest BCUT2D eigenvalue weighted by Crippen LogP contribution is 2.40. The van der Waals surface area contributed by atoms with Crippen LogP contribution in [0.1, 0.15) is 29.5 Å². The van der Waals surface area contributed by atoms with Gasteiger partial charge in [-0.1, -0.05) is 23.8 Å². The summed E-state index contributed by atoms with van der Waals surface area (Å²) in [5.41, 5.74) is 5.17. The Bertz CT molecular complexity index is 363. The van der Waals surface area contributed by atoms with E-state index in [9.17, 15) is 0 Å². The first-order chi connectivity index (χ1) is 6.80. The van der Waals surface area contributed by atoms with Crippen molar-refractivity contribution in [3.05, 3.63) is 34.9 Å². The number of benzene rings is 1. The lowest BCUT2D eigenvalue weighted by atomic mass is 9.66. The van der Waals surface area contributed by atoms with Crippen LogP contribution in [0.3, 0.4) is 0 Å². The molecule has 0 atom stereocenters. The third kappa shape index (κ3) is 1.05. The minimum Gasteiger partial charge on any atom is -0.315 e. The largest absolute Gasteiger partial charge is 0.315 e. The number of aryl methyl sites for hydroxylation is 2. The first-order valence-electron chi connectivity index (χ1n) is 5.61. The van der Waals surface area contributed by atoms with E-state index in [0.29, 0.717) is 5.41 Å². The van der Waals surface area contributed by atoms with Crippen molar-refractivity contribution in [1.29, 1.82) is 0 Å². The van der Waals surface area contributed by atoms with Crippen molar-refractivity contribution in [3.8, 4) is 0 Å². The SMILES string of the molecule is Cc1ccc2c(c1)C1(CCC2)CNC1. The van der Waals surface area contributed by atoms with Crippen LogP contribution in [0.4, 0.5) is 0 Å². The number of fused-ring (bicyclic) bond motifs is 2. The van der Waals surface area contributed by atoms with Crippen LogP contribution >= 0.6 is 0 Å². The fraction of sp³-hybridized carbons (Fsp3) is 0.538. The van der Waals surface area contributed by atoms with Gasteiger partial charge in [0, 0.05) is 18.5 Å². The highest BCUT2D eigenvalue weighted by atomic mass is 15.0. The number of hydrogen-bond acceptors (Lipinski definition) is 1. The quantitative estimate of drug-likeness (QED) is 0.656. The molecule has 1 N–H and O–H groups in total. The Morgan fingerprint density at radius 2 is 2.14 bits per heavy atom. The Balaban J connectivity index is 2.12. The summed E-state index contributed by atoms with van der Waals surface area (Å²) < 4.78 is 0. The fourth-order valence-corrected chi connectivity index (χ4v) is 2.95. The van der Waals surface area contributed by atoms with Crippen LogP contribution in [0.25, 0.3) is 0 Å². The molecule has 1 heterocycles. The molecule has 0 radical (unpaired) electrons. The zero-order chi connectivity index (χ0) is 9.60. The summed E-state index contributed by atoms with van der Waals surface area (Å²) in [7, 11) is 0. The Kier molecular flexibility index (Phi) is 1.72. The standard InChI is InChI=1S/C13H17N/c1-10-4-5-11-3-2-6-13(8-14-9-13)12(11)7-10/h4-5,7,14H,2-3,6,8-9H2,1H3. The van der Waals surface area contributed by atoms with E-state index in [2.05, 4.69) is 30.4 Å². The molecule has 1 aliphatic carbocycles. The molecule has 1 aliphatic heterocycles. The van der Waals surface area contributed by atoms with E-state index in [-0.39, 0.29) is 0 Å². The molecular weight excluding hydrogens is 170 g/mol. The third-order valence-corrected chi connectivity index (χ3v) is 3.86. The lowest BCUT2D eigenvalue weighted by Crippen LogP contribution is -2.58. The predicted octanol–water partition coefficient (Wildman–Crippen LogP) is 2.17. The van der Waals surface area contributed by atoms with Gasteiger partial charge in [0.15, 0.2) is 0 Å². The first kappa shape index (κ1) is 8.49. The molecule has 74 valence electrons. The van der Waals surface area contributed by atoms with Crippen molar-refractivity contribution in [2.45, 2.75) is 31.6 Å². The Morgan fingerprint density at radius 3 is 2.86 bits per heavy atom. The lowest BCUT2D eigenvalue weighted by molar-refractivity contribution is 0.239. The maximum Gasteiger partial charge on any atom is 0.0205 e. The summed E-state index contributed by atoms with van der Waals surface area (Å²) in [5, 5.41) is 3.43. The maximum absolute atomic E-state index is 3.43. The Hall–Kier alpha value is -0.820. The molecule has 1 nitrogen and oxygen atoms in total. The van der Waals surface area contributed by atoms with Gasteiger partial charge in [-0.3, -0.25) is 0 Å². The summed E-state index contributed by atoms with van der Waals surface area (Å²) in [6.45, 7) is 4.60. The van der Waals surface area contributed by atoms with Gasteiger partial charge in [-0.05, 0) is 37.3 Å². The molecule has 1 fully saturated rings. The van der Waals surface area contributed by atoms with E-state index in [4.69, 9.17) is 0 Å². The van der Waals surface area contributed by atoms with Gasteiger partial charge in [0.05, 0.1) is 0 Å². The monoisotopic (exact) mass is 187 g/mol. The first-order valence-corrected chi connectivity index (χ1v) is 5.61. The van der Waals surface area contributed by atoms with Gasteiger partial charge in [-0.2, -0.15) is 0 Å². The van der Waals surface area contributed by atoms with E-state index >= 15 is 0 Å². The second-order valence-corrected chi connectivity index (χ2v) is 4.90. The number of hydrogen-bond donors (Lipinski definition) is 1. The van der Waals surface area contributed by atoms with E-state index in [1.54, 1.807) is 11.1 Å². The zero-order valence-corrected chi connectivity index (χ0v) is 8.77. The average Bonchev–Trinajstić information content (AvgIpc) is 2.14. The van der Waals surface area contributed by atoms with Gasteiger partial charge in [0.2, 0.25) is 0 Å². The number of nitrogens with one attached hydrogen (secondary N) is 1. The van der Waals surface area contributed by atoms with Gasteiger partial charge in [-0.25, -0.2) is 0 Å². The molecule has 0 unspecified atom stereocenters.